The second-order valence-electron chi connectivity index (χ2n) is 5.42. The Morgan fingerprint density at radius 1 is 1.00 bits per heavy atom. The number of amides is 2. The van der Waals surface area contributed by atoms with Gasteiger partial charge in [0.25, 0.3) is 0 Å². The highest BCUT2D eigenvalue weighted by Crippen LogP contribution is 2.39. The van der Waals surface area contributed by atoms with Gasteiger partial charge in [-0.05, 0) is 36.8 Å². The summed E-state index contributed by atoms with van der Waals surface area (Å²) >= 11 is 6.15. The van der Waals surface area contributed by atoms with Gasteiger partial charge >= 0.3 is 0 Å². The molecular formula is C18H17ClN2O2. The van der Waals surface area contributed by atoms with E-state index < -0.39 is 0 Å². The lowest BCUT2D eigenvalue weighted by molar-refractivity contribution is -0.125. The second-order valence-corrected chi connectivity index (χ2v) is 5.86. The van der Waals surface area contributed by atoms with Crippen molar-refractivity contribution in [1.82, 2.24) is 0 Å². The molecule has 0 aromatic heterocycles. The Bertz CT molecular complexity index is 746. The molecule has 1 aliphatic heterocycles. The Morgan fingerprint density at radius 3 is 2.43 bits per heavy atom. The zero-order valence-electron chi connectivity index (χ0n) is 12.8. The van der Waals surface area contributed by atoms with Crippen LogP contribution < -0.4 is 9.80 Å². The highest BCUT2D eigenvalue weighted by molar-refractivity contribution is 6.31. The summed E-state index contributed by atoms with van der Waals surface area (Å²) in [6.45, 7) is 2.58. The van der Waals surface area contributed by atoms with Crippen molar-refractivity contribution in [1.29, 1.82) is 0 Å². The van der Waals surface area contributed by atoms with Gasteiger partial charge in [-0.25, -0.2) is 0 Å². The van der Waals surface area contributed by atoms with Crippen LogP contribution in [-0.4, -0.2) is 18.4 Å². The normalized spacial score (nSPS) is 14.7. The van der Waals surface area contributed by atoms with Crippen LogP contribution in [0.1, 0.15) is 19.8 Å². The summed E-state index contributed by atoms with van der Waals surface area (Å²) in [4.78, 5) is 28.4. The number of benzene rings is 2. The fourth-order valence-corrected chi connectivity index (χ4v) is 2.97. The lowest BCUT2D eigenvalue weighted by Crippen LogP contribution is -2.32. The molecule has 0 N–H and O–H groups in total. The zero-order chi connectivity index (χ0) is 16.4. The Labute approximate surface area is 140 Å². The molecule has 118 valence electrons. The van der Waals surface area contributed by atoms with Gasteiger partial charge in [-0.15, -0.1) is 0 Å². The minimum absolute atomic E-state index is 0.152. The van der Waals surface area contributed by atoms with Crippen molar-refractivity contribution in [2.45, 2.75) is 19.8 Å². The lowest BCUT2D eigenvalue weighted by Gasteiger charge is -2.25. The van der Waals surface area contributed by atoms with E-state index in [-0.39, 0.29) is 18.2 Å². The molecule has 0 fully saturated rings. The topological polar surface area (TPSA) is 40.6 Å². The van der Waals surface area contributed by atoms with Crippen molar-refractivity contribution >= 4 is 40.5 Å². The van der Waals surface area contributed by atoms with Crippen molar-refractivity contribution < 1.29 is 9.59 Å². The van der Waals surface area contributed by atoms with Gasteiger partial charge in [0.15, 0.2) is 0 Å². The van der Waals surface area contributed by atoms with Crippen LogP contribution in [0.25, 0.3) is 0 Å². The van der Waals surface area contributed by atoms with E-state index >= 15 is 0 Å². The highest BCUT2D eigenvalue weighted by atomic mass is 35.5. The summed E-state index contributed by atoms with van der Waals surface area (Å²) < 4.78 is 0. The maximum absolute atomic E-state index is 12.7. The van der Waals surface area contributed by atoms with E-state index in [4.69, 9.17) is 11.6 Å². The van der Waals surface area contributed by atoms with E-state index in [2.05, 4.69) is 0 Å². The molecule has 23 heavy (non-hydrogen) atoms. The number of carbonyl (C=O) groups is 2. The SMILES string of the molecule is CCCN1C(=O)CC(=O)N(c2ccccc2)c2cc(Cl)ccc21. The number of hydrogen-bond acceptors (Lipinski definition) is 2. The lowest BCUT2D eigenvalue weighted by atomic mass is 10.2. The maximum atomic E-state index is 12.7. The Morgan fingerprint density at radius 2 is 1.74 bits per heavy atom. The molecule has 0 radical (unpaired) electrons. The summed E-state index contributed by atoms with van der Waals surface area (Å²) in [5, 5.41) is 0.531. The van der Waals surface area contributed by atoms with Crippen LogP contribution in [0.15, 0.2) is 48.5 Å². The van der Waals surface area contributed by atoms with E-state index in [0.717, 1.165) is 17.8 Å². The van der Waals surface area contributed by atoms with Gasteiger partial charge in [0.2, 0.25) is 11.8 Å². The van der Waals surface area contributed by atoms with Crippen LogP contribution in [-0.2, 0) is 9.59 Å². The third kappa shape index (κ3) is 2.94. The fraction of sp³-hybridized carbons (Fsp3) is 0.222. The Balaban J connectivity index is 2.20. The van der Waals surface area contributed by atoms with E-state index in [1.165, 1.54) is 0 Å². The molecular weight excluding hydrogens is 312 g/mol. The van der Waals surface area contributed by atoms with Crippen LogP contribution in [0.3, 0.4) is 0 Å². The molecule has 0 spiro atoms. The molecule has 0 saturated carbocycles. The monoisotopic (exact) mass is 328 g/mol. The zero-order valence-corrected chi connectivity index (χ0v) is 13.6. The van der Waals surface area contributed by atoms with Crippen molar-refractivity contribution in [3.05, 3.63) is 53.6 Å². The summed E-state index contributed by atoms with van der Waals surface area (Å²) in [7, 11) is 0. The Hall–Kier alpha value is -2.33. The average molecular weight is 329 g/mol. The van der Waals surface area contributed by atoms with Crippen LogP contribution in [0.5, 0.6) is 0 Å². The number of hydrogen-bond donors (Lipinski definition) is 0. The first-order valence-corrected chi connectivity index (χ1v) is 7.97. The summed E-state index contributed by atoms with van der Waals surface area (Å²) in [5.74, 6) is -0.429. The van der Waals surface area contributed by atoms with Crippen molar-refractivity contribution in [3.63, 3.8) is 0 Å². The molecule has 2 amide bonds. The number of carbonyl (C=O) groups excluding carboxylic acids is 2. The molecule has 0 unspecified atom stereocenters. The first kappa shape index (κ1) is 15.6. The van der Waals surface area contributed by atoms with Gasteiger partial charge in [-0.1, -0.05) is 36.7 Å². The third-order valence-corrected chi connectivity index (χ3v) is 4.02. The molecule has 0 atom stereocenters. The number of halogens is 1. The largest absolute Gasteiger partial charge is 0.310 e. The number of anilines is 3. The Kier molecular flexibility index (Phi) is 4.35. The molecule has 0 saturated heterocycles. The standard InChI is InChI=1S/C18H17ClN2O2/c1-2-10-20-15-9-8-13(19)11-16(15)21(18(23)12-17(20)22)14-6-4-3-5-7-14/h3-9,11H,2,10,12H2,1H3. The molecule has 3 rings (SSSR count). The molecule has 1 heterocycles. The minimum Gasteiger partial charge on any atom is -0.310 e. The van der Waals surface area contributed by atoms with E-state index in [0.29, 0.717) is 17.3 Å². The van der Waals surface area contributed by atoms with Gasteiger partial charge < -0.3 is 4.90 Å². The third-order valence-electron chi connectivity index (χ3n) is 3.78. The number of nitrogens with zero attached hydrogens (tertiary/aromatic N) is 2. The quantitative estimate of drug-likeness (QED) is 0.794. The highest BCUT2D eigenvalue weighted by Gasteiger charge is 2.32. The van der Waals surface area contributed by atoms with Crippen LogP contribution in [0.2, 0.25) is 5.02 Å². The van der Waals surface area contributed by atoms with Gasteiger partial charge in [-0.3, -0.25) is 14.5 Å². The smallest absolute Gasteiger partial charge is 0.241 e. The van der Waals surface area contributed by atoms with Gasteiger partial charge in [0, 0.05) is 17.3 Å². The molecule has 5 heteroatoms. The summed E-state index contributed by atoms with van der Waals surface area (Å²) in [5.41, 5.74) is 2.09. The fourth-order valence-electron chi connectivity index (χ4n) is 2.81. The van der Waals surface area contributed by atoms with Gasteiger partial charge in [-0.2, -0.15) is 0 Å². The second kappa shape index (κ2) is 6.42. The van der Waals surface area contributed by atoms with Crippen molar-refractivity contribution in [2.24, 2.45) is 0 Å². The van der Waals surface area contributed by atoms with Gasteiger partial charge in [0.1, 0.15) is 6.42 Å². The van der Waals surface area contributed by atoms with E-state index in [1.54, 1.807) is 28.0 Å². The predicted octanol–water partition coefficient (Wildman–Crippen LogP) is 4.15. The molecule has 4 nitrogen and oxygen atoms in total. The predicted molar refractivity (Wildman–Crippen MR) is 92.3 cm³/mol. The average Bonchev–Trinajstić information content (AvgIpc) is 2.63. The van der Waals surface area contributed by atoms with Crippen LogP contribution in [0, 0.1) is 0 Å². The van der Waals surface area contributed by atoms with E-state index in [9.17, 15) is 9.59 Å². The molecule has 2 aromatic carbocycles. The van der Waals surface area contributed by atoms with Crippen molar-refractivity contribution in [2.75, 3.05) is 16.3 Å². The van der Waals surface area contributed by atoms with Crippen LogP contribution in [0.4, 0.5) is 17.1 Å². The molecule has 0 bridgehead atoms. The maximum Gasteiger partial charge on any atom is 0.241 e. The number of rotatable bonds is 3. The molecule has 1 aliphatic rings. The number of fused-ring (bicyclic) bond motifs is 1. The van der Waals surface area contributed by atoms with E-state index in [1.807, 2.05) is 37.3 Å². The summed E-state index contributed by atoms with van der Waals surface area (Å²) in [6.07, 6.45) is 0.661. The first-order chi connectivity index (χ1) is 11.1. The first-order valence-electron chi connectivity index (χ1n) is 7.59. The molecule has 0 aliphatic carbocycles. The summed E-state index contributed by atoms with van der Waals surface area (Å²) in [6, 6.07) is 14.6. The van der Waals surface area contributed by atoms with Crippen LogP contribution >= 0.6 is 11.6 Å². The molecule has 2 aromatic rings. The van der Waals surface area contributed by atoms with Gasteiger partial charge in [0.05, 0.1) is 11.4 Å². The minimum atomic E-state index is -0.247. The number of para-hydroxylation sites is 1. The van der Waals surface area contributed by atoms with Crippen molar-refractivity contribution in [3.8, 4) is 0 Å².